The van der Waals surface area contributed by atoms with Crippen molar-refractivity contribution in [1.82, 2.24) is 15.0 Å². The van der Waals surface area contributed by atoms with Crippen LogP contribution in [0.4, 0.5) is 13.2 Å². The summed E-state index contributed by atoms with van der Waals surface area (Å²) >= 11 is 0. The number of rotatable bonds is 3. The Labute approximate surface area is 192 Å². The van der Waals surface area contributed by atoms with Crippen LogP contribution in [0.15, 0.2) is 48.9 Å². The van der Waals surface area contributed by atoms with Crippen LogP contribution in [0, 0.1) is 12.7 Å². The SMILES string of the molecule is Cc1c[nH]c2nccc(-c3ccc(C(N)=O)cn3)c12.OC1COc2cc(C(F)F)cc(F)c2C1. The maximum absolute atomic E-state index is 13.3. The van der Waals surface area contributed by atoms with Gasteiger partial charge in [-0.2, -0.15) is 0 Å². The van der Waals surface area contributed by atoms with E-state index >= 15 is 0 Å². The lowest BCUT2D eigenvalue weighted by Crippen LogP contribution is -2.26. The van der Waals surface area contributed by atoms with Gasteiger partial charge in [0.05, 0.1) is 17.4 Å². The second-order valence-corrected chi connectivity index (χ2v) is 7.80. The lowest BCUT2D eigenvalue weighted by molar-refractivity contribution is 0.0895. The molecule has 1 atom stereocenters. The number of hydrogen-bond donors (Lipinski definition) is 3. The standard InChI is InChI=1S/C14H12N4O.C10H9F3O2/c1-8-6-18-14-12(8)10(4-5-16-14)11-3-2-9(7-17-11)13(15)19;11-8-1-5(10(12)13)2-9-7(8)3-6(14)4-15-9/h2-7H,1H3,(H2,15,19)(H,16,18);1-2,6,10,14H,3-4H2. The molecule has 1 aliphatic rings. The molecule has 34 heavy (non-hydrogen) atoms. The first-order chi connectivity index (χ1) is 16.2. The number of alkyl halides is 2. The van der Waals surface area contributed by atoms with E-state index in [1.165, 1.54) is 6.20 Å². The highest BCUT2D eigenvalue weighted by molar-refractivity contribution is 5.96. The van der Waals surface area contributed by atoms with E-state index in [4.69, 9.17) is 10.5 Å². The molecular weight excluding hydrogens is 449 g/mol. The fourth-order valence-electron chi connectivity index (χ4n) is 3.70. The van der Waals surface area contributed by atoms with Crippen LogP contribution in [0.3, 0.4) is 0 Å². The lowest BCUT2D eigenvalue weighted by atomic mass is 10.0. The smallest absolute Gasteiger partial charge is 0.264 e. The average Bonchev–Trinajstić information content (AvgIpc) is 3.21. The molecule has 0 saturated carbocycles. The van der Waals surface area contributed by atoms with Gasteiger partial charge in [0.15, 0.2) is 0 Å². The van der Waals surface area contributed by atoms with Gasteiger partial charge in [-0.25, -0.2) is 18.2 Å². The maximum atomic E-state index is 13.3. The van der Waals surface area contributed by atoms with Crippen LogP contribution < -0.4 is 10.5 Å². The van der Waals surface area contributed by atoms with Gasteiger partial charge in [0.25, 0.3) is 6.43 Å². The summed E-state index contributed by atoms with van der Waals surface area (Å²) in [6, 6.07) is 7.29. The first-order valence-electron chi connectivity index (χ1n) is 10.3. The van der Waals surface area contributed by atoms with Gasteiger partial charge in [0.2, 0.25) is 5.91 Å². The monoisotopic (exact) mass is 470 g/mol. The normalized spacial score (nSPS) is 14.8. The molecule has 0 fully saturated rings. The van der Waals surface area contributed by atoms with E-state index in [0.29, 0.717) is 5.56 Å². The third-order valence-electron chi connectivity index (χ3n) is 5.39. The van der Waals surface area contributed by atoms with Crippen LogP contribution in [-0.4, -0.2) is 38.7 Å². The topological polar surface area (TPSA) is 114 Å². The van der Waals surface area contributed by atoms with Gasteiger partial charge in [-0.05, 0) is 42.8 Å². The molecule has 4 aromatic rings. The average molecular weight is 470 g/mol. The van der Waals surface area contributed by atoms with E-state index in [9.17, 15) is 23.1 Å². The van der Waals surface area contributed by atoms with E-state index in [1.807, 2.05) is 19.2 Å². The van der Waals surface area contributed by atoms with E-state index < -0.39 is 29.8 Å². The number of carbonyl (C=O) groups excluding carboxylic acids is 1. The van der Waals surface area contributed by atoms with Crippen molar-refractivity contribution in [1.29, 1.82) is 0 Å². The minimum absolute atomic E-state index is 0.0130. The number of fused-ring (bicyclic) bond motifs is 2. The largest absolute Gasteiger partial charge is 0.490 e. The number of hydrogen-bond acceptors (Lipinski definition) is 5. The number of H-pyrrole nitrogens is 1. The number of carbonyl (C=O) groups is 1. The maximum Gasteiger partial charge on any atom is 0.264 e. The molecule has 0 radical (unpaired) electrons. The predicted molar refractivity (Wildman–Crippen MR) is 119 cm³/mol. The number of aromatic amines is 1. The molecule has 4 N–H and O–H groups in total. The molecule has 4 heterocycles. The van der Waals surface area contributed by atoms with Gasteiger partial charge in [-0.15, -0.1) is 0 Å². The van der Waals surface area contributed by atoms with Crippen LogP contribution in [0.25, 0.3) is 22.3 Å². The van der Waals surface area contributed by atoms with E-state index in [0.717, 1.165) is 40.0 Å². The van der Waals surface area contributed by atoms with Gasteiger partial charge in [0, 0.05) is 47.1 Å². The van der Waals surface area contributed by atoms with Crippen molar-refractivity contribution >= 4 is 16.9 Å². The summed E-state index contributed by atoms with van der Waals surface area (Å²) in [4.78, 5) is 22.7. The number of nitrogens with two attached hydrogens (primary N) is 1. The van der Waals surface area contributed by atoms with Crippen LogP contribution >= 0.6 is 0 Å². The van der Waals surface area contributed by atoms with Crippen molar-refractivity contribution in [2.75, 3.05) is 6.61 Å². The third kappa shape index (κ3) is 4.72. The highest BCUT2D eigenvalue weighted by Gasteiger charge is 2.23. The molecule has 1 aliphatic heterocycles. The van der Waals surface area contributed by atoms with Gasteiger partial charge in [-0.3, -0.25) is 9.78 Å². The number of aryl methyl sites for hydroxylation is 1. The van der Waals surface area contributed by atoms with Crippen molar-refractivity contribution in [3.8, 4) is 17.0 Å². The summed E-state index contributed by atoms with van der Waals surface area (Å²) in [6.45, 7) is 2.03. The first-order valence-corrected chi connectivity index (χ1v) is 10.3. The Morgan fingerprint density at radius 3 is 2.74 bits per heavy atom. The van der Waals surface area contributed by atoms with Crippen molar-refractivity contribution in [3.05, 3.63) is 77.0 Å². The second kappa shape index (κ2) is 9.52. The van der Waals surface area contributed by atoms with Crippen molar-refractivity contribution in [3.63, 3.8) is 0 Å². The second-order valence-electron chi connectivity index (χ2n) is 7.80. The predicted octanol–water partition coefficient (Wildman–Crippen LogP) is 4.09. The Morgan fingerprint density at radius 1 is 1.26 bits per heavy atom. The van der Waals surface area contributed by atoms with E-state index in [-0.39, 0.29) is 24.3 Å². The van der Waals surface area contributed by atoms with Gasteiger partial charge < -0.3 is 20.6 Å². The summed E-state index contributed by atoms with van der Waals surface area (Å²) in [5.41, 5.74) is 9.09. The number of aliphatic hydroxyl groups is 1. The highest BCUT2D eigenvalue weighted by atomic mass is 19.3. The van der Waals surface area contributed by atoms with Crippen molar-refractivity contribution in [2.24, 2.45) is 5.73 Å². The molecule has 1 aromatic carbocycles. The number of benzene rings is 1. The number of aliphatic hydroxyl groups excluding tert-OH is 1. The van der Waals surface area contributed by atoms with Crippen LogP contribution in [-0.2, 0) is 6.42 Å². The molecular formula is C24H21F3N4O3. The molecule has 10 heteroatoms. The van der Waals surface area contributed by atoms with Gasteiger partial charge in [0.1, 0.15) is 23.8 Å². The number of aromatic nitrogens is 3. The molecule has 0 bridgehead atoms. The number of amides is 1. The molecule has 3 aromatic heterocycles. The Morgan fingerprint density at radius 2 is 2.06 bits per heavy atom. The lowest BCUT2D eigenvalue weighted by Gasteiger charge is -2.22. The molecule has 7 nitrogen and oxygen atoms in total. The fraction of sp³-hybridized carbons (Fsp3) is 0.208. The Bertz CT molecular complexity index is 1340. The number of primary amides is 1. The Kier molecular flexibility index (Phi) is 6.51. The van der Waals surface area contributed by atoms with E-state index in [2.05, 4.69) is 15.0 Å². The number of ether oxygens (including phenoxy) is 1. The van der Waals surface area contributed by atoms with Gasteiger partial charge in [-0.1, -0.05) is 0 Å². The van der Waals surface area contributed by atoms with E-state index in [1.54, 1.807) is 18.3 Å². The van der Waals surface area contributed by atoms with Crippen LogP contribution in [0.2, 0.25) is 0 Å². The molecule has 176 valence electrons. The number of pyridine rings is 2. The zero-order valence-electron chi connectivity index (χ0n) is 18.1. The molecule has 0 spiro atoms. The number of halogens is 3. The Balaban J connectivity index is 0.000000166. The van der Waals surface area contributed by atoms with Crippen molar-refractivity contribution in [2.45, 2.75) is 25.9 Å². The van der Waals surface area contributed by atoms with Gasteiger partial charge >= 0.3 is 0 Å². The minimum atomic E-state index is -2.72. The molecule has 1 amide bonds. The Hall–Kier alpha value is -3.92. The minimum Gasteiger partial charge on any atom is -0.490 e. The summed E-state index contributed by atoms with van der Waals surface area (Å²) in [7, 11) is 0. The summed E-state index contributed by atoms with van der Waals surface area (Å²) in [6.07, 6.45) is 1.75. The summed E-state index contributed by atoms with van der Waals surface area (Å²) in [5.74, 6) is -1.12. The first kappa shape index (κ1) is 23.2. The van der Waals surface area contributed by atoms with Crippen LogP contribution in [0.5, 0.6) is 5.75 Å². The summed E-state index contributed by atoms with van der Waals surface area (Å²) < 4.78 is 43.0. The molecule has 0 aliphatic carbocycles. The molecule has 0 saturated heterocycles. The fourth-order valence-corrected chi connectivity index (χ4v) is 3.70. The number of nitrogens with zero attached hydrogens (tertiary/aromatic N) is 2. The molecule has 5 rings (SSSR count). The number of nitrogens with one attached hydrogen (secondary N) is 1. The van der Waals surface area contributed by atoms with Crippen molar-refractivity contribution < 1.29 is 27.8 Å². The highest BCUT2D eigenvalue weighted by Crippen LogP contribution is 2.32. The zero-order chi connectivity index (χ0) is 24.4. The quantitative estimate of drug-likeness (QED) is 0.417. The zero-order valence-corrected chi connectivity index (χ0v) is 18.1. The summed E-state index contributed by atoms with van der Waals surface area (Å²) in [5, 5.41) is 10.3. The third-order valence-corrected chi connectivity index (χ3v) is 5.39. The van der Waals surface area contributed by atoms with Crippen LogP contribution in [0.1, 0.15) is 33.5 Å². The molecule has 1 unspecified atom stereocenters.